The molecule has 1 unspecified atom stereocenters. The number of aryl methyl sites for hydroxylation is 1. The Bertz CT molecular complexity index is 681. The number of carbonyl (C=O) groups is 1. The van der Waals surface area contributed by atoms with E-state index in [1.54, 1.807) is 15.8 Å². The molecule has 3 rings (SSSR count). The fourth-order valence-electron chi connectivity index (χ4n) is 2.87. The molecule has 0 saturated carbocycles. The van der Waals surface area contributed by atoms with E-state index >= 15 is 0 Å². The van der Waals surface area contributed by atoms with Crippen molar-refractivity contribution >= 4 is 5.91 Å². The summed E-state index contributed by atoms with van der Waals surface area (Å²) < 4.78 is 39.5. The Morgan fingerprint density at radius 2 is 2.25 bits per heavy atom. The third-order valence-electron chi connectivity index (χ3n) is 4.13. The number of hydrogen-bond acceptors (Lipinski definition) is 4. The summed E-state index contributed by atoms with van der Waals surface area (Å²) in [5, 5.41) is 13.3. The first-order chi connectivity index (χ1) is 11.4. The third kappa shape index (κ3) is 3.74. The first-order valence-electron chi connectivity index (χ1n) is 7.68. The number of alkyl halides is 3. The zero-order valence-corrected chi connectivity index (χ0v) is 12.8. The average Bonchev–Trinajstić information content (AvgIpc) is 3.23. The van der Waals surface area contributed by atoms with Crippen LogP contribution in [-0.2, 0) is 17.5 Å². The van der Waals surface area contributed by atoms with E-state index in [1.807, 2.05) is 0 Å². The summed E-state index contributed by atoms with van der Waals surface area (Å²) in [4.78, 5) is 14.0. The minimum Gasteiger partial charge on any atom is -0.342 e. The maximum Gasteiger partial charge on any atom is 0.435 e. The largest absolute Gasteiger partial charge is 0.435 e. The number of nitrogens with zero attached hydrogens (tertiary/aromatic N) is 5. The number of H-pyrrole nitrogens is 1. The average molecular weight is 342 g/mol. The van der Waals surface area contributed by atoms with Gasteiger partial charge in [0.05, 0.1) is 12.7 Å². The van der Waals surface area contributed by atoms with Crippen molar-refractivity contribution < 1.29 is 18.0 Å². The molecule has 0 bridgehead atoms. The molecule has 1 saturated heterocycles. The monoisotopic (exact) mass is 342 g/mol. The summed E-state index contributed by atoms with van der Waals surface area (Å²) in [6.45, 7) is 1.45. The predicted octanol–water partition coefficient (Wildman–Crippen LogP) is 1.82. The highest BCUT2D eigenvalue weighted by atomic mass is 19.4. The van der Waals surface area contributed by atoms with Gasteiger partial charge in [0.1, 0.15) is 0 Å². The predicted molar refractivity (Wildman–Crippen MR) is 76.8 cm³/mol. The molecule has 2 aromatic rings. The first kappa shape index (κ1) is 16.5. The highest BCUT2D eigenvalue weighted by Gasteiger charge is 2.35. The summed E-state index contributed by atoms with van der Waals surface area (Å²) in [5.74, 6) is -0.191. The molecule has 3 heterocycles. The number of aromatic amines is 1. The van der Waals surface area contributed by atoms with Gasteiger partial charge in [0, 0.05) is 37.3 Å². The number of nitrogens with one attached hydrogen (secondary N) is 1. The first-order valence-corrected chi connectivity index (χ1v) is 7.68. The molecule has 10 heteroatoms. The molecule has 24 heavy (non-hydrogen) atoms. The number of likely N-dealkylation sites (tertiary alicyclic amines) is 1. The van der Waals surface area contributed by atoms with E-state index in [0.29, 0.717) is 25.3 Å². The molecular formula is C14H17F3N6O. The van der Waals surface area contributed by atoms with Gasteiger partial charge in [-0.25, -0.2) is 0 Å². The lowest BCUT2D eigenvalue weighted by molar-refractivity contribution is -0.141. The van der Waals surface area contributed by atoms with E-state index in [1.165, 1.54) is 6.20 Å². The molecule has 1 fully saturated rings. The molecule has 2 aromatic heterocycles. The van der Waals surface area contributed by atoms with Gasteiger partial charge >= 0.3 is 6.18 Å². The van der Waals surface area contributed by atoms with Crippen LogP contribution in [0.4, 0.5) is 13.2 Å². The fourth-order valence-corrected chi connectivity index (χ4v) is 2.87. The number of halogens is 3. The van der Waals surface area contributed by atoms with Crippen molar-refractivity contribution in [2.45, 2.75) is 37.9 Å². The summed E-state index contributed by atoms with van der Waals surface area (Å²) in [5.41, 5.74) is -0.497. The molecule has 1 aliphatic rings. The molecular weight excluding hydrogens is 325 g/mol. The SMILES string of the molecule is O=C(CCn1ccnn1)N1CCCC(c2cc(C(F)(F)F)n[nH]2)C1. The lowest BCUT2D eigenvalue weighted by Gasteiger charge is -2.32. The number of rotatable bonds is 4. The lowest BCUT2D eigenvalue weighted by atomic mass is 9.94. The lowest BCUT2D eigenvalue weighted by Crippen LogP contribution is -2.39. The zero-order valence-electron chi connectivity index (χ0n) is 12.8. The number of amides is 1. The quantitative estimate of drug-likeness (QED) is 0.919. The van der Waals surface area contributed by atoms with Crippen LogP contribution in [0.3, 0.4) is 0 Å². The van der Waals surface area contributed by atoms with Crippen LogP contribution >= 0.6 is 0 Å². The molecule has 0 aromatic carbocycles. The van der Waals surface area contributed by atoms with Crippen LogP contribution in [0.1, 0.15) is 36.6 Å². The number of carbonyl (C=O) groups excluding carboxylic acids is 1. The van der Waals surface area contributed by atoms with E-state index in [4.69, 9.17) is 0 Å². The van der Waals surface area contributed by atoms with Crippen molar-refractivity contribution in [3.05, 3.63) is 29.8 Å². The zero-order chi connectivity index (χ0) is 17.2. The standard InChI is InChI=1S/C14H17F3N6O/c15-14(16,17)12-8-11(19-20-12)10-2-1-5-22(9-10)13(24)3-6-23-7-4-18-21-23/h4,7-8,10H,1-3,5-6,9H2,(H,19,20). The summed E-state index contributed by atoms with van der Waals surface area (Å²) in [6.07, 6.45) is 0.517. The summed E-state index contributed by atoms with van der Waals surface area (Å²) >= 11 is 0. The van der Waals surface area contributed by atoms with E-state index in [9.17, 15) is 18.0 Å². The van der Waals surface area contributed by atoms with Gasteiger partial charge in [-0.1, -0.05) is 5.21 Å². The van der Waals surface area contributed by atoms with Gasteiger partial charge in [-0.15, -0.1) is 5.10 Å². The van der Waals surface area contributed by atoms with Crippen LogP contribution in [0.5, 0.6) is 0 Å². The second kappa shape index (κ2) is 6.62. The smallest absolute Gasteiger partial charge is 0.342 e. The van der Waals surface area contributed by atoms with Gasteiger partial charge in [-0.3, -0.25) is 14.6 Å². The van der Waals surface area contributed by atoms with Crippen molar-refractivity contribution in [1.82, 2.24) is 30.1 Å². The molecule has 0 spiro atoms. The highest BCUT2D eigenvalue weighted by molar-refractivity contribution is 5.76. The Morgan fingerprint density at radius 3 is 2.92 bits per heavy atom. The Hall–Kier alpha value is -2.39. The maximum absolute atomic E-state index is 12.6. The van der Waals surface area contributed by atoms with Crippen LogP contribution in [0.2, 0.25) is 0 Å². The van der Waals surface area contributed by atoms with Crippen LogP contribution in [0.15, 0.2) is 18.5 Å². The van der Waals surface area contributed by atoms with Crippen molar-refractivity contribution in [2.75, 3.05) is 13.1 Å². The fraction of sp³-hybridized carbons (Fsp3) is 0.571. The van der Waals surface area contributed by atoms with Crippen molar-refractivity contribution in [1.29, 1.82) is 0 Å². The van der Waals surface area contributed by atoms with Gasteiger partial charge < -0.3 is 4.90 Å². The van der Waals surface area contributed by atoms with E-state index in [-0.39, 0.29) is 18.2 Å². The minimum absolute atomic E-state index is 0.0363. The van der Waals surface area contributed by atoms with Gasteiger partial charge in [-0.05, 0) is 18.9 Å². The number of aromatic nitrogens is 5. The van der Waals surface area contributed by atoms with Gasteiger partial charge in [0.15, 0.2) is 5.69 Å². The molecule has 130 valence electrons. The summed E-state index contributed by atoms with van der Waals surface area (Å²) in [7, 11) is 0. The third-order valence-corrected chi connectivity index (χ3v) is 4.13. The molecule has 0 aliphatic carbocycles. The topological polar surface area (TPSA) is 79.7 Å². The molecule has 1 aliphatic heterocycles. The van der Waals surface area contributed by atoms with Crippen molar-refractivity contribution in [3.8, 4) is 0 Å². The van der Waals surface area contributed by atoms with Gasteiger partial charge in [-0.2, -0.15) is 18.3 Å². The Balaban J connectivity index is 1.59. The Morgan fingerprint density at radius 1 is 1.42 bits per heavy atom. The molecule has 1 atom stereocenters. The number of hydrogen-bond donors (Lipinski definition) is 1. The summed E-state index contributed by atoms with van der Waals surface area (Å²) in [6, 6.07) is 1.04. The van der Waals surface area contributed by atoms with Crippen LogP contribution in [0, 0.1) is 0 Å². The van der Waals surface area contributed by atoms with Crippen LogP contribution in [-0.4, -0.2) is 49.1 Å². The second-order valence-electron chi connectivity index (χ2n) is 5.80. The van der Waals surface area contributed by atoms with E-state index in [2.05, 4.69) is 20.5 Å². The minimum atomic E-state index is -4.46. The molecule has 7 nitrogen and oxygen atoms in total. The Labute approximate surface area is 135 Å². The normalized spacial score (nSPS) is 18.8. The van der Waals surface area contributed by atoms with Gasteiger partial charge in [0.25, 0.3) is 0 Å². The maximum atomic E-state index is 12.6. The van der Waals surface area contributed by atoms with Gasteiger partial charge in [0.2, 0.25) is 5.91 Å². The van der Waals surface area contributed by atoms with Crippen LogP contribution in [0.25, 0.3) is 0 Å². The van der Waals surface area contributed by atoms with Crippen molar-refractivity contribution in [3.63, 3.8) is 0 Å². The molecule has 1 N–H and O–H groups in total. The number of piperidine rings is 1. The molecule has 0 radical (unpaired) electrons. The van der Waals surface area contributed by atoms with E-state index in [0.717, 1.165) is 18.9 Å². The van der Waals surface area contributed by atoms with Crippen molar-refractivity contribution in [2.24, 2.45) is 0 Å². The Kier molecular flexibility index (Phi) is 4.54. The highest BCUT2D eigenvalue weighted by Crippen LogP contribution is 2.32. The van der Waals surface area contributed by atoms with Crippen LogP contribution < -0.4 is 0 Å². The van der Waals surface area contributed by atoms with E-state index < -0.39 is 11.9 Å². The molecule has 1 amide bonds. The second-order valence-corrected chi connectivity index (χ2v) is 5.80.